The van der Waals surface area contributed by atoms with Crippen molar-refractivity contribution in [1.29, 1.82) is 0 Å². The number of hydrogen-bond acceptors (Lipinski definition) is 4. The summed E-state index contributed by atoms with van der Waals surface area (Å²) in [6.45, 7) is 0. The summed E-state index contributed by atoms with van der Waals surface area (Å²) in [7, 11) is 1.31. The van der Waals surface area contributed by atoms with E-state index in [1.54, 1.807) is 0 Å². The van der Waals surface area contributed by atoms with Gasteiger partial charge in [-0.1, -0.05) is 0 Å². The number of carboxylic acids is 1. The average molecular weight is 171 g/mol. The fourth-order valence-corrected chi connectivity index (χ4v) is 0.935. The molecule has 2 unspecified atom stereocenters. The molecule has 0 saturated carbocycles. The molecule has 1 aliphatic rings. The summed E-state index contributed by atoms with van der Waals surface area (Å²) in [5.41, 5.74) is -2.18. The summed E-state index contributed by atoms with van der Waals surface area (Å²) in [4.78, 5) is 14.0. The molecule has 1 rings (SSSR count). The monoisotopic (exact) mass is 171 g/mol. The number of carboxylic acid groups (broad SMARTS) is 1. The lowest BCUT2D eigenvalue weighted by molar-refractivity contribution is -0.168. The van der Waals surface area contributed by atoms with Crippen molar-refractivity contribution < 1.29 is 19.7 Å². The molecule has 12 heavy (non-hydrogen) atoms. The van der Waals surface area contributed by atoms with Gasteiger partial charge < -0.3 is 14.9 Å². The van der Waals surface area contributed by atoms with Gasteiger partial charge in [0.25, 0.3) is 5.72 Å². The summed E-state index contributed by atoms with van der Waals surface area (Å²) in [5, 5.41) is 18.1. The van der Waals surface area contributed by atoms with Crippen molar-refractivity contribution >= 4 is 12.2 Å². The third-order valence-corrected chi connectivity index (χ3v) is 1.61. The van der Waals surface area contributed by atoms with Gasteiger partial charge in [-0.2, -0.15) is 0 Å². The van der Waals surface area contributed by atoms with Crippen LogP contribution in [0.1, 0.15) is 0 Å². The van der Waals surface area contributed by atoms with Crippen LogP contribution in [0.2, 0.25) is 0 Å². The van der Waals surface area contributed by atoms with Crippen molar-refractivity contribution in [1.82, 2.24) is 0 Å². The fourth-order valence-electron chi connectivity index (χ4n) is 0.935. The van der Waals surface area contributed by atoms with Crippen molar-refractivity contribution in [2.45, 2.75) is 11.8 Å². The minimum Gasteiger partial charge on any atom is -0.478 e. The Balaban J connectivity index is 2.94. The average Bonchev–Trinajstić information content (AvgIpc) is 2.05. The first-order valence-corrected chi connectivity index (χ1v) is 3.32. The molecule has 0 bridgehead atoms. The van der Waals surface area contributed by atoms with E-state index in [0.29, 0.717) is 0 Å². The summed E-state index contributed by atoms with van der Waals surface area (Å²) in [5.74, 6) is -1.42. The number of allylic oxidation sites excluding steroid dienone is 1. The summed E-state index contributed by atoms with van der Waals surface area (Å²) < 4.78 is 4.74. The predicted molar refractivity (Wildman–Crippen MR) is 41.0 cm³/mol. The number of aliphatic imine (C=N–C) groups is 1. The topological polar surface area (TPSA) is 79.1 Å². The highest BCUT2D eigenvalue weighted by Gasteiger charge is 2.44. The third kappa shape index (κ3) is 1.24. The maximum Gasteiger partial charge on any atom is 0.362 e. The molecular formula is C7H9NO4. The molecule has 5 heteroatoms. The van der Waals surface area contributed by atoms with Crippen LogP contribution in [0.3, 0.4) is 0 Å². The van der Waals surface area contributed by atoms with E-state index >= 15 is 0 Å². The van der Waals surface area contributed by atoms with Gasteiger partial charge in [0.05, 0.1) is 0 Å². The highest BCUT2D eigenvalue weighted by Crippen LogP contribution is 2.19. The van der Waals surface area contributed by atoms with Gasteiger partial charge in [0.2, 0.25) is 0 Å². The van der Waals surface area contributed by atoms with Crippen LogP contribution < -0.4 is 0 Å². The molecule has 0 radical (unpaired) electrons. The first-order chi connectivity index (χ1) is 5.61. The molecule has 0 saturated heterocycles. The maximum atomic E-state index is 10.6. The van der Waals surface area contributed by atoms with Gasteiger partial charge in [0.1, 0.15) is 6.10 Å². The lowest BCUT2D eigenvalue weighted by Crippen LogP contribution is -2.49. The molecule has 5 nitrogen and oxygen atoms in total. The molecule has 0 aromatic heterocycles. The number of aliphatic carboxylic acids is 1. The van der Waals surface area contributed by atoms with Crippen molar-refractivity contribution in [2.24, 2.45) is 4.99 Å². The molecule has 2 N–H and O–H groups in total. The zero-order chi connectivity index (χ0) is 9.19. The number of ether oxygens (including phenoxy) is 1. The van der Waals surface area contributed by atoms with Crippen LogP contribution in [-0.4, -0.2) is 41.3 Å². The molecule has 0 spiro atoms. The Kier molecular flexibility index (Phi) is 2.25. The number of rotatable bonds is 2. The minimum absolute atomic E-state index is 0.931. The summed E-state index contributed by atoms with van der Waals surface area (Å²) in [6, 6.07) is 0. The van der Waals surface area contributed by atoms with Crippen molar-refractivity contribution in [3.05, 3.63) is 12.2 Å². The van der Waals surface area contributed by atoms with E-state index in [4.69, 9.17) is 9.84 Å². The molecule has 66 valence electrons. The highest BCUT2D eigenvalue weighted by molar-refractivity contribution is 5.84. The van der Waals surface area contributed by atoms with Crippen molar-refractivity contribution in [2.75, 3.05) is 7.11 Å². The van der Waals surface area contributed by atoms with Crippen LogP contribution in [0.15, 0.2) is 17.1 Å². The molecule has 1 aliphatic heterocycles. The van der Waals surface area contributed by atoms with E-state index in [-0.39, 0.29) is 0 Å². The Hall–Kier alpha value is -1.20. The smallest absolute Gasteiger partial charge is 0.362 e. The zero-order valence-electron chi connectivity index (χ0n) is 6.47. The second-order valence-corrected chi connectivity index (χ2v) is 2.35. The van der Waals surface area contributed by atoms with Gasteiger partial charge in [0.15, 0.2) is 0 Å². The number of dihydropyridines is 1. The van der Waals surface area contributed by atoms with Crippen LogP contribution in [0.4, 0.5) is 0 Å². The molecular weight excluding hydrogens is 162 g/mol. The Morgan fingerprint density at radius 1 is 1.75 bits per heavy atom. The first kappa shape index (κ1) is 8.89. The maximum absolute atomic E-state index is 10.6. The van der Waals surface area contributed by atoms with E-state index in [0.717, 1.165) is 0 Å². The Morgan fingerprint density at radius 3 is 2.83 bits per heavy atom. The number of aliphatic hydroxyl groups is 1. The second kappa shape index (κ2) is 3.04. The molecule has 0 amide bonds. The van der Waals surface area contributed by atoms with E-state index in [9.17, 15) is 9.90 Å². The Labute approximate surface area is 69.0 Å². The molecule has 0 aromatic rings. The van der Waals surface area contributed by atoms with E-state index in [1.165, 1.54) is 25.5 Å². The summed E-state index contributed by atoms with van der Waals surface area (Å²) >= 11 is 0. The molecule has 1 heterocycles. The van der Waals surface area contributed by atoms with Crippen LogP contribution in [0, 0.1) is 0 Å². The molecule has 0 aliphatic carbocycles. The lowest BCUT2D eigenvalue weighted by atomic mass is 10.1. The van der Waals surface area contributed by atoms with Crippen molar-refractivity contribution in [3.8, 4) is 0 Å². The largest absolute Gasteiger partial charge is 0.478 e. The van der Waals surface area contributed by atoms with Crippen LogP contribution in [0.5, 0.6) is 0 Å². The fraction of sp³-hybridized carbons (Fsp3) is 0.429. The van der Waals surface area contributed by atoms with E-state index < -0.39 is 17.8 Å². The normalized spacial score (nSPS) is 33.7. The standard InChI is InChI=1S/C7H9NO4/c1-12-5-3-2-4-8-7(5,11)6(9)10/h2-5,11H,1H3,(H,9,10). The Bertz CT molecular complexity index is 248. The van der Waals surface area contributed by atoms with Gasteiger partial charge in [0, 0.05) is 13.3 Å². The van der Waals surface area contributed by atoms with Gasteiger partial charge in [-0.15, -0.1) is 0 Å². The molecule has 0 aromatic carbocycles. The van der Waals surface area contributed by atoms with Crippen LogP contribution in [0.25, 0.3) is 0 Å². The number of carbonyl (C=O) groups is 1. The van der Waals surface area contributed by atoms with Gasteiger partial charge in [-0.3, -0.25) is 0 Å². The number of methoxy groups -OCH3 is 1. The molecule has 0 fully saturated rings. The van der Waals surface area contributed by atoms with Gasteiger partial charge >= 0.3 is 5.97 Å². The van der Waals surface area contributed by atoms with Crippen LogP contribution in [-0.2, 0) is 9.53 Å². The van der Waals surface area contributed by atoms with Gasteiger partial charge in [-0.25, -0.2) is 9.79 Å². The summed E-state index contributed by atoms with van der Waals surface area (Å²) in [6.07, 6.45) is 3.25. The number of hydrogen-bond donors (Lipinski definition) is 2. The quantitative estimate of drug-likeness (QED) is 0.582. The third-order valence-electron chi connectivity index (χ3n) is 1.61. The highest BCUT2D eigenvalue weighted by atomic mass is 16.5. The zero-order valence-corrected chi connectivity index (χ0v) is 6.47. The van der Waals surface area contributed by atoms with Crippen molar-refractivity contribution in [3.63, 3.8) is 0 Å². The van der Waals surface area contributed by atoms with Gasteiger partial charge in [-0.05, 0) is 12.2 Å². The van der Waals surface area contributed by atoms with E-state index in [2.05, 4.69) is 4.99 Å². The minimum atomic E-state index is -2.18. The lowest BCUT2D eigenvalue weighted by Gasteiger charge is -2.26. The van der Waals surface area contributed by atoms with Crippen LogP contribution >= 0.6 is 0 Å². The SMILES string of the molecule is COC1C=CC=NC1(O)C(=O)O. The number of nitrogens with zero attached hydrogens (tertiary/aromatic N) is 1. The first-order valence-electron chi connectivity index (χ1n) is 3.32. The Morgan fingerprint density at radius 2 is 2.42 bits per heavy atom. The molecule has 2 atom stereocenters. The van der Waals surface area contributed by atoms with E-state index in [1.807, 2.05) is 0 Å². The second-order valence-electron chi connectivity index (χ2n) is 2.35. The predicted octanol–water partition coefficient (Wildman–Crippen LogP) is -0.585.